The maximum Gasteiger partial charge on any atom is 0.261 e. The quantitative estimate of drug-likeness (QED) is 0.761. The first-order chi connectivity index (χ1) is 10.6. The van der Waals surface area contributed by atoms with Gasteiger partial charge < -0.3 is 10.6 Å². The van der Waals surface area contributed by atoms with Crippen molar-refractivity contribution in [3.05, 3.63) is 50.6 Å². The molecule has 22 heavy (non-hydrogen) atoms. The summed E-state index contributed by atoms with van der Waals surface area (Å²) in [6.07, 6.45) is 0.845. The molecule has 0 aliphatic carbocycles. The molecule has 0 bridgehead atoms. The lowest BCUT2D eigenvalue weighted by molar-refractivity contribution is -0.116. The Bertz CT molecular complexity index is 660. The third kappa shape index (κ3) is 5.02. The normalized spacial score (nSPS) is 10.3. The minimum atomic E-state index is -0.158. The first-order valence-corrected chi connectivity index (χ1v) is 8.26. The van der Waals surface area contributed by atoms with E-state index in [1.165, 1.54) is 11.3 Å². The maximum absolute atomic E-state index is 11.8. The SMILES string of the molecule is O=C(CCCNC(=O)c1cccs1)Nc1ccc(Cl)cc1Cl. The summed E-state index contributed by atoms with van der Waals surface area (Å²) in [5, 5.41) is 8.24. The Labute approximate surface area is 142 Å². The molecule has 2 N–H and O–H groups in total. The van der Waals surface area contributed by atoms with Crippen molar-refractivity contribution in [2.45, 2.75) is 12.8 Å². The molecule has 2 amide bonds. The maximum atomic E-state index is 11.8. The first kappa shape index (κ1) is 16.8. The fraction of sp³-hybridized carbons (Fsp3) is 0.200. The van der Waals surface area contributed by atoms with Crippen molar-refractivity contribution in [1.82, 2.24) is 5.32 Å². The van der Waals surface area contributed by atoms with Gasteiger partial charge in [-0.1, -0.05) is 29.3 Å². The zero-order valence-electron chi connectivity index (χ0n) is 11.6. The van der Waals surface area contributed by atoms with Gasteiger partial charge in [0.1, 0.15) is 0 Å². The molecule has 0 aliphatic rings. The van der Waals surface area contributed by atoms with E-state index in [4.69, 9.17) is 23.2 Å². The topological polar surface area (TPSA) is 58.2 Å². The van der Waals surface area contributed by atoms with E-state index in [1.807, 2.05) is 11.4 Å². The predicted octanol–water partition coefficient (Wildman–Crippen LogP) is 4.20. The zero-order valence-corrected chi connectivity index (χ0v) is 13.9. The second kappa shape index (κ2) is 8.17. The summed E-state index contributed by atoms with van der Waals surface area (Å²) in [6, 6.07) is 8.46. The summed E-state index contributed by atoms with van der Waals surface area (Å²) in [4.78, 5) is 24.2. The van der Waals surface area contributed by atoms with Gasteiger partial charge in [-0.15, -0.1) is 11.3 Å². The molecule has 1 aromatic carbocycles. The molecule has 0 saturated carbocycles. The van der Waals surface area contributed by atoms with E-state index in [-0.39, 0.29) is 11.8 Å². The predicted molar refractivity (Wildman–Crippen MR) is 91.0 cm³/mol. The van der Waals surface area contributed by atoms with Gasteiger partial charge in [0, 0.05) is 18.0 Å². The van der Waals surface area contributed by atoms with Gasteiger partial charge >= 0.3 is 0 Å². The molecule has 0 saturated heterocycles. The van der Waals surface area contributed by atoms with Crippen LogP contribution in [-0.2, 0) is 4.79 Å². The minimum Gasteiger partial charge on any atom is -0.351 e. The number of anilines is 1. The number of thiophene rings is 1. The van der Waals surface area contributed by atoms with Gasteiger partial charge in [0.05, 0.1) is 15.6 Å². The first-order valence-electron chi connectivity index (χ1n) is 6.63. The monoisotopic (exact) mass is 356 g/mol. The number of benzene rings is 1. The fourth-order valence-corrected chi connectivity index (χ4v) is 2.85. The van der Waals surface area contributed by atoms with Crippen molar-refractivity contribution in [3.63, 3.8) is 0 Å². The molecule has 4 nitrogen and oxygen atoms in total. The van der Waals surface area contributed by atoms with E-state index < -0.39 is 0 Å². The number of hydrogen-bond donors (Lipinski definition) is 2. The highest BCUT2D eigenvalue weighted by Crippen LogP contribution is 2.25. The lowest BCUT2D eigenvalue weighted by Gasteiger charge is -2.08. The summed E-state index contributed by atoms with van der Waals surface area (Å²) in [7, 11) is 0. The summed E-state index contributed by atoms with van der Waals surface area (Å²) in [6.45, 7) is 0.443. The average Bonchev–Trinajstić information content (AvgIpc) is 3.01. The van der Waals surface area contributed by atoms with Crippen LogP contribution in [-0.4, -0.2) is 18.4 Å². The van der Waals surface area contributed by atoms with Crippen LogP contribution in [0, 0.1) is 0 Å². The van der Waals surface area contributed by atoms with Gasteiger partial charge in [-0.3, -0.25) is 9.59 Å². The Morgan fingerprint density at radius 1 is 1.18 bits per heavy atom. The van der Waals surface area contributed by atoms with Crippen molar-refractivity contribution >= 4 is 52.0 Å². The highest BCUT2D eigenvalue weighted by molar-refractivity contribution is 7.12. The van der Waals surface area contributed by atoms with Gasteiger partial charge in [-0.2, -0.15) is 0 Å². The number of amides is 2. The van der Waals surface area contributed by atoms with Crippen LogP contribution in [0.25, 0.3) is 0 Å². The fourth-order valence-electron chi connectivity index (χ4n) is 1.75. The second-order valence-electron chi connectivity index (χ2n) is 4.51. The highest BCUT2D eigenvalue weighted by atomic mass is 35.5. The molecule has 116 valence electrons. The molecule has 1 aromatic heterocycles. The van der Waals surface area contributed by atoms with Gasteiger partial charge in [-0.05, 0) is 36.1 Å². The lowest BCUT2D eigenvalue weighted by atomic mass is 10.2. The smallest absolute Gasteiger partial charge is 0.261 e. The van der Waals surface area contributed by atoms with Crippen LogP contribution in [0.4, 0.5) is 5.69 Å². The van der Waals surface area contributed by atoms with Crippen LogP contribution < -0.4 is 10.6 Å². The van der Waals surface area contributed by atoms with Crippen LogP contribution >= 0.6 is 34.5 Å². The van der Waals surface area contributed by atoms with E-state index in [2.05, 4.69) is 10.6 Å². The third-order valence-corrected chi connectivity index (χ3v) is 4.23. The van der Waals surface area contributed by atoms with E-state index in [9.17, 15) is 9.59 Å². The van der Waals surface area contributed by atoms with Gasteiger partial charge in [0.15, 0.2) is 0 Å². The number of nitrogens with one attached hydrogen (secondary N) is 2. The van der Waals surface area contributed by atoms with Crippen LogP contribution in [0.5, 0.6) is 0 Å². The molecular formula is C15H14Cl2N2O2S. The van der Waals surface area contributed by atoms with E-state index in [0.717, 1.165) is 0 Å². The molecule has 1 heterocycles. The summed E-state index contributed by atoms with van der Waals surface area (Å²) in [5.74, 6) is -0.272. The summed E-state index contributed by atoms with van der Waals surface area (Å²) in [5.41, 5.74) is 0.527. The van der Waals surface area contributed by atoms with Gasteiger partial charge in [-0.25, -0.2) is 0 Å². The number of carbonyl (C=O) groups excluding carboxylic acids is 2. The van der Waals surface area contributed by atoms with Crippen molar-refractivity contribution in [2.24, 2.45) is 0 Å². The van der Waals surface area contributed by atoms with Crippen molar-refractivity contribution in [3.8, 4) is 0 Å². The van der Waals surface area contributed by atoms with E-state index >= 15 is 0 Å². The molecular weight excluding hydrogens is 343 g/mol. The largest absolute Gasteiger partial charge is 0.351 e. The Balaban J connectivity index is 1.71. The van der Waals surface area contributed by atoms with Crippen molar-refractivity contribution in [2.75, 3.05) is 11.9 Å². The minimum absolute atomic E-state index is 0.115. The van der Waals surface area contributed by atoms with Crippen LogP contribution in [0.2, 0.25) is 10.0 Å². The molecule has 0 atom stereocenters. The number of halogens is 2. The Morgan fingerprint density at radius 2 is 2.00 bits per heavy atom. The number of carbonyl (C=O) groups is 2. The van der Waals surface area contributed by atoms with Crippen LogP contribution in [0.3, 0.4) is 0 Å². The van der Waals surface area contributed by atoms with Crippen molar-refractivity contribution in [1.29, 1.82) is 0 Å². The Morgan fingerprint density at radius 3 is 2.68 bits per heavy atom. The second-order valence-corrected chi connectivity index (χ2v) is 6.30. The van der Waals surface area contributed by atoms with E-state index in [0.29, 0.717) is 40.0 Å². The van der Waals surface area contributed by atoms with Crippen molar-refractivity contribution < 1.29 is 9.59 Å². The van der Waals surface area contributed by atoms with Crippen LogP contribution in [0.15, 0.2) is 35.7 Å². The zero-order chi connectivity index (χ0) is 15.9. The lowest BCUT2D eigenvalue weighted by Crippen LogP contribution is -2.24. The Hall–Kier alpha value is -1.56. The third-order valence-electron chi connectivity index (χ3n) is 2.82. The van der Waals surface area contributed by atoms with Gasteiger partial charge in [0.2, 0.25) is 5.91 Å². The van der Waals surface area contributed by atoms with Gasteiger partial charge in [0.25, 0.3) is 5.91 Å². The molecule has 0 aliphatic heterocycles. The molecule has 2 aromatic rings. The summed E-state index contributed by atoms with van der Waals surface area (Å²) < 4.78 is 0. The highest BCUT2D eigenvalue weighted by Gasteiger charge is 2.08. The number of hydrogen-bond acceptors (Lipinski definition) is 3. The molecule has 2 rings (SSSR count). The molecule has 0 spiro atoms. The molecule has 0 radical (unpaired) electrons. The van der Waals surface area contributed by atoms with Crippen LogP contribution in [0.1, 0.15) is 22.5 Å². The molecule has 0 unspecified atom stereocenters. The standard InChI is InChI=1S/C15H14Cl2N2O2S/c16-10-5-6-12(11(17)9-10)19-14(20)4-1-7-18-15(21)13-3-2-8-22-13/h2-3,5-6,8-9H,1,4,7H2,(H,18,21)(H,19,20). The molecule has 0 fully saturated rings. The Kier molecular flexibility index (Phi) is 6.24. The average molecular weight is 357 g/mol. The molecule has 7 heteroatoms. The number of rotatable bonds is 6. The summed E-state index contributed by atoms with van der Waals surface area (Å²) >= 11 is 13.2. The van der Waals surface area contributed by atoms with E-state index in [1.54, 1.807) is 24.3 Å².